The first-order valence-corrected chi connectivity index (χ1v) is 7.47. The monoisotopic (exact) mass is 288 g/mol. The molecule has 0 saturated carbocycles. The number of rotatable bonds is 2. The minimum absolute atomic E-state index is 0.0269. The predicted molar refractivity (Wildman–Crippen MR) is 80.2 cm³/mol. The molecule has 1 saturated heterocycles. The van der Waals surface area contributed by atoms with Crippen LogP contribution in [-0.2, 0) is 4.79 Å². The van der Waals surface area contributed by atoms with E-state index in [1.807, 2.05) is 43.0 Å². The Labute approximate surface area is 123 Å². The van der Waals surface area contributed by atoms with Gasteiger partial charge in [-0.05, 0) is 25.0 Å². The lowest BCUT2D eigenvalue weighted by Gasteiger charge is -2.33. The Bertz CT molecular complexity index is 706. The molecule has 2 heterocycles. The standard InChI is InChI=1S/C16H20N2O3/c1-11(2)15(19)17-9-7-12(8-10-17)18-13-5-3-4-6-14(13)21-16(18)20/h3-6,11-12H,7-10H2,1-2H3. The van der Waals surface area contributed by atoms with Gasteiger partial charge in [-0.15, -0.1) is 0 Å². The van der Waals surface area contributed by atoms with Gasteiger partial charge < -0.3 is 9.32 Å². The molecule has 1 aliphatic rings. The molecule has 0 aliphatic carbocycles. The van der Waals surface area contributed by atoms with Gasteiger partial charge >= 0.3 is 5.76 Å². The van der Waals surface area contributed by atoms with E-state index < -0.39 is 0 Å². The van der Waals surface area contributed by atoms with Crippen molar-refractivity contribution in [2.24, 2.45) is 5.92 Å². The number of benzene rings is 1. The fraction of sp³-hybridized carbons (Fsp3) is 0.500. The molecule has 2 aromatic rings. The Morgan fingerprint density at radius 2 is 1.90 bits per heavy atom. The van der Waals surface area contributed by atoms with Crippen LogP contribution in [0.1, 0.15) is 32.7 Å². The molecular weight excluding hydrogens is 268 g/mol. The molecule has 5 nitrogen and oxygen atoms in total. The van der Waals surface area contributed by atoms with Crippen molar-refractivity contribution in [3.8, 4) is 0 Å². The second kappa shape index (κ2) is 5.39. The zero-order valence-electron chi connectivity index (χ0n) is 12.4. The summed E-state index contributed by atoms with van der Waals surface area (Å²) < 4.78 is 7.03. The van der Waals surface area contributed by atoms with Crippen molar-refractivity contribution in [2.45, 2.75) is 32.7 Å². The normalized spacial score (nSPS) is 16.8. The highest BCUT2D eigenvalue weighted by atomic mass is 16.4. The van der Waals surface area contributed by atoms with E-state index in [0.29, 0.717) is 18.7 Å². The summed E-state index contributed by atoms with van der Waals surface area (Å²) in [7, 11) is 0. The number of fused-ring (bicyclic) bond motifs is 1. The van der Waals surface area contributed by atoms with Crippen LogP contribution >= 0.6 is 0 Å². The summed E-state index contributed by atoms with van der Waals surface area (Å²) in [5.41, 5.74) is 1.47. The van der Waals surface area contributed by atoms with Crippen molar-refractivity contribution < 1.29 is 9.21 Å². The van der Waals surface area contributed by atoms with Gasteiger partial charge in [-0.2, -0.15) is 0 Å². The van der Waals surface area contributed by atoms with Crippen molar-refractivity contribution >= 4 is 17.0 Å². The van der Waals surface area contributed by atoms with Crippen molar-refractivity contribution in [1.82, 2.24) is 9.47 Å². The Kier molecular flexibility index (Phi) is 3.57. The Hall–Kier alpha value is -2.04. The van der Waals surface area contributed by atoms with Crippen LogP contribution in [0, 0.1) is 5.92 Å². The van der Waals surface area contributed by atoms with Crippen LogP contribution in [0.15, 0.2) is 33.5 Å². The maximum Gasteiger partial charge on any atom is 0.420 e. The zero-order valence-corrected chi connectivity index (χ0v) is 12.4. The predicted octanol–water partition coefficient (Wildman–Crippen LogP) is 2.41. The van der Waals surface area contributed by atoms with E-state index in [9.17, 15) is 9.59 Å². The third kappa shape index (κ3) is 2.48. The molecule has 0 spiro atoms. The summed E-state index contributed by atoms with van der Waals surface area (Å²) in [6.45, 7) is 5.24. The first kappa shape index (κ1) is 13.9. The van der Waals surface area contributed by atoms with Crippen LogP contribution in [0.3, 0.4) is 0 Å². The van der Waals surface area contributed by atoms with Crippen molar-refractivity contribution in [3.05, 3.63) is 34.8 Å². The van der Waals surface area contributed by atoms with Crippen molar-refractivity contribution in [2.75, 3.05) is 13.1 Å². The lowest BCUT2D eigenvalue weighted by atomic mass is 10.0. The van der Waals surface area contributed by atoms with Crippen LogP contribution in [-0.4, -0.2) is 28.5 Å². The lowest BCUT2D eigenvalue weighted by molar-refractivity contribution is -0.135. The number of amides is 1. The highest BCUT2D eigenvalue weighted by Gasteiger charge is 2.27. The molecule has 1 aromatic carbocycles. The van der Waals surface area contributed by atoms with E-state index >= 15 is 0 Å². The molecule has 0 radical (unpaired) electrons. The molecule has 0 N–H and O–H groups in total. The average Bonchev–Trinajstić information content (AvgIpc) is 2.82. The first-order chi connectivity index (χ1) is 10.1. The number of para-hydroxylation sites is 2. The van der Waals surface area contributed by atoms with Gasteiger partial charge in [0.05, 0.1) is 5.52 Å². The number of aromatic nitrogens is 1. The van der Waals surface area contributed by atoms with Gasteiger partial charge in [0.25, 0.3) is 0 Å². The third-order valence-corrected chi connectivity index (χ3v) is 4.15. The summed E-state index contributed by atoms with van der Waals surface area (Å²) >= 11 is 0. The molecule has 1 aliphatic heterocycles. The lowest BCUT2D eigenvalue weighted by Crippen LogP contribution is -2.42. The minimum Gasteiger partial charge on any atom is -0.408 e. The largest absolute Gasteiger partial charge is 0.420 e. The molecule has 3 rings (SSSR count). The summed E-state index contributed by atoms with van der Waals surface area (Å²) in [5.74, 6) is -0.0817. The number of piperidine rings is 1. The molecule has 5 heteroatoms. The van der Waals surface area contributed by atoms with Crippen LogP contribution < -0.4 is 5.76 Å². The number of nitrogens with zero attached hydrogens (tertiary/aromatic N) is 2. The van der Waals surface area contributed by atoms with Gasteiger partial charge in [0.2, 0.25) is 5.91 Å². The number of carbonyl (C=O) groups excluding carboxylic acids is 1. The summed E-state index contributed by atoms with van der Waals surface area (Å²) in [6.07, 6.45) is 1.59. The van der Waals surface area contributed by atoms with Gasteiger partial charge in [-0.25, -0.2) is 4.79 Å². The molecule has 1 aromatic heterocycles. The topological polar surface area (TPSA) is 55.5 Å². The van der Waals surface area contributed by atoms with Gasteiger partial charge in [0.15, 0.2) is 5.58 Å². The van der Waals surface area contributed by atoms with Gasteiger partial charge in [-0.1, -0.05) is 26.0 Å². The van der Waals surface area contributed by atoms with E-state index in [1.165, 1.54) is 0 Å². The van der Waals surface area contributed by atoms with Gasteiger partial charge in [0.1, 0.15) is 0 Å². The van der Waals surface area contributed by atoms with Crippen molar-refractivity contribution in [3.63, 3.8) is 0 Å². The average molecular weight is 288 g/mol. The summed E-state index contributed by atoms with van der Waals surface area (Å²) in [4.78, 5) is 26.0. The van der Waals surface area contributed by atoms with Crippen LogP contribution in [0.25, 0.3) is 11.1 Å². The number of likely N-dealkylation sites (tertiary alicyclic amines) is 1. The van der Waals surface area contributed by atoms with E-state index in [-0.39, 0.29) is 23.6 Å². The van der Waals surface area contributed by atoms with Gasteiger partial charge in [-0.3, -0.25) is 9.36 Å². The van der Waals surface area contributed by atoms with E-state index in [0.717, 1.165) is 18.4 Å². The molecule has 21 heavy (non-hydrogen) atoms. The quantitative estimate of drug-likeness (QED) is 0.852. The number of hydrogen-bond donors (Lipinski definition) is 0. The van der Waals surface area contributed by atoms with Gasteiger partial charge in [0, 0.05) is 25.0 Å². The molecule has 1 fully saturated rings. The summed E-state index contributed by atoms with van der Waals surface area (Å²) in [5, 5.41) is 0. The SMILES string of the molecule is CC(C)C(=O)N1CCC(n2c(=O)oc3ccccc32)CC1. The molecule has 0 bridgehead atoms. The minimum atomic E-state index is -0.301. The third-order valence-electron chi connectivity index (χ3n) is 4.15. The highest BCUT2D eigenvalue weighted by molar-refractivity contribution is 5.78. The van der Waals surface area contributed by atoms with Crippen LogP contribution in [0.5, 0.6) is 0 Å². The number of carbonyl (C=O) groups is 1. The Morgan fingerprint density at radius 1 is 1.24 bits per heavy atom. The van der Waals surface area contributed by atoms with E-state index in [2.05, 4.69) is 0 Å². The van der Waals surface area contributed by atoms with Crippen LogP contribution in [0.2, 0.25) is 0 Å². The fourth-order valence-corrected chi connectivity index (χ4v) is 3.04. The smallest absolute Gasteiger partial charge is 0.408 e. The summed E-state index contributed by atoms with van der Waals surface area (Å²) in [6, 6.07) is 7.60. The van der Waals surface area contributed by atoms with Crippen molar-refractivity contribution in [1.29, 1.82) is 0 Å². The highest BCUT2D eigenvalue weighted by Crippen LogP contribution is 2.26. The molecular formula is C16H20N2O3. The number of oxazole rings is 1. The Morgan fingerprint density at radius 3 is 2.57 bits per heavy atom. The zero-order chi connectivity index (χ0) is 15.0. The second-order valence-corrected chi connectivity index (χ2v) is 5.92. The van der Waals surface area contributed by atoms with E-state index in [4.69, 9.17) is 4.42 Å². The molecule has 1 amide bonds. The first-order valence-electron chi connectivity index (χ1n) is 7.47. The maximum absolute atomic E-state index is 12.1. The molecule has 0 atom stereocenters. The number of hydrogen-bond acceptors (Lipinski definition) is 3. The van der Waals surface area contributed by atoms with Crippen LogP contribution in [0.4, 0.5) is 0 Å². The molecule has 112 valence electrons. The second-order valence-electron chi connectivity index (χ2n) is 5.92. The maximum atomic E-state index is 12.1. The fourth-order valence-electron chi connectivity index (χ4n) is 3.04. The molecule has 0 unspecified atom stereocenters. The Balaban J connectivity index is 1.82. The van der Waals surface area contributed by atoms with E-state index in [1.54, 1.807) is 4.57 Å².